The molecule has 8 heteroatoms. The molecule has 2 heterocycles. The molecule has 0 atom stereocenters. The Bertz CT molecular complexity index is 974. The number of carbonyl (C=O) groups is 1. The number of fused-ring (bicyclic) bond motifs is 1. The summed E-state index contributed by atoms with van der Waals surface area (Å²) in [5, 5.41) is 10.4. The van der Waals surface area contributed by atoms with Crippen molar-refractivity contribution in [3.05, 3.63) is 41.5 Å². The summed E-state index contributed by atoms with van der Waals surface area (Å²) in [6.45, 7) is 3.44. The van der Waals surface area contributed by atoms with Gasteiger partial charge in [-0.2, -0.15) is 0 Å². The number of nitrogens with zero attached hydrogens (tertiary/aromatic N) is 4. The summed E-state index contributed by atoms with van der Waals surface area (Å²) in [5.41, 5.74) is 7.59. The number of carbonyl (C=O) groups excluding carboxylic acids is 1. The first-order chi connectivity index (χ1) is 12.5. The predicted octanol–water partition coefficient (Wildman–Crippen LogP) is 2.44. The molecule has 0 bridgehead atoms. The Morgan fingerprint density at radius 1 is 1.23 bits per heavy atom. The number of nitrogen functional groups attached to an aromatic ring is 1. The zero-order valence-corrected chi connectivity index (χ0v) is 14.6. The Hall–Kier alpha value is -3.29. The number of nitrogens with two attached hydrogens (primary N) is 1. The van der Waals surface area contributed by atoms with Crippen LogP contribution in [-0.4, -0.2) is 30.8 Å². The van der Waals surface area contributed by atoms with E-state index in [1.807, 2.05) is 6.92 Å². The fraction of sp³-hybridized carbons (Fsp3) is 0.278. The highest BCUT2D eigenvalue weighted by molar-refractivity contribution is 5.97. The monoisotopic (exact) mass is 353 g/mol. The zero-order chi connectivity index (χ0) is 18.7. The summed E-state index contributed by atoms with van der Waals surface area (Å²) in [7, 11) is 0. The lowest BCUT2D eigenvalue weighted by atomic mass is 10.0. The van der Waals surface area contributed by atoms with Crippen molar-refractivity contribution < 1.29 is 14.6 Å². The number of phenols is 1. The molecule has 0 aliphatic carbocycles. The average Bonchev–Trinajstić information content (AvgIpc) is 2.62. The lowest BCUT2D eigenvalue weighted by Gasteiger charge is -2.14. The van der Waals surface area contributed by atoms with Gasteiger partial charge in [0.05, 0.1) is 5.56 Å². The molecule has 0 fully saturated rings. The summed E-state index contributed by atoms with van der Waals surface area (Å²) >= 11 is 0. The van der Waals surface area contributed by atoms with E-state index in [4.69, 9.17) is 10.5 Å². The SMILES string of the molecule is CCCc1c(OCc2nc(N)c3nccnc3n2)ccc(C(C)=O)c1O. The van der Waals surface area contributed by atoms with Crippen LogP contribution in [0.5, 0.6) is 11.5 Å². The molecule has 0 amide bonds. The highest BCUT2D eigenvalue weighted by atomic mass is 16.5. The highest BCUT2D eigenvalue weighted by Crippen LogP contribution is 2.33. The van der Waals surface area contributed by atoms with E-state index in [0.717, 1.165) is 6.42 Å². The Labute approximate surface area is 150 Å². The Kier molecular flexibility index (Phi) is 4.92. The largest absolute Gasteiger partial charge is 0.507 e. The number of ketones is 1. The third-order valence-corrected chi connectivity index (χ3v) is 3.88. The lowest BCUT2D eigenvalue weighted by Crippen LogP contribution is -2.08. The van der Waals surface area contributed by atoms with E-state index in [9.17, 15) is 9.90 Å². The first-order valence-electron chi connectivity index (χ1n) is 8.23. The number of aromatic nitrogens is 4. The summed E-state index contributed by atoms with van der Waals surface area (Å²) < 4.78 is 5.80. The van der Waals surface area contributed by atoms with E-state index in [-0.39, 0.29) is 29.5 Å². The molecule has 0 radical (unpaired) electrons. The smallest absolute Gasteiger partial charge is 0.183 e. The quantitative estimate of drug-likeness (QED) is 0.648. The Morgan fingerprint density at radius 3 is 2.73 bits per heavy atom. The zero-order valence-electron chi connectivity index (χ0n) is 14.6. The maximum absolute atomic E-state index is 11.6. The van der Waals surface area contributed by atoms with Gasteiger partial charge in [0.2, 0.25) is 0 Å². The molecule has 3 N–H and O–H groups in total. The molecule has 0 unspecified atom stereocenters. The van der Waals surface area contributed by atoms with Gasteiger partial charge in [0, 0.05) is 18.0 Å². The number of benzene rings is 1. The van der Waals surface area contributed by atoms with Crippen molar-refractivity contribution in [1.29, 1.82) is 0 Å². The molecule has 26 heavy (non-hydrogen) atoms. The molecule has 3 aromatic rings. The summed E-state index contributed by atoms with van der Waals surface area (Å²) in [5.74, 6) is 0.825. The summed E-state index contributed by atoms with van der Waals surface area (Å²) in [6.07, 6.45) is 4.42. The van der Waals surface area contributed by atoms with Gasteiger partial charge >= 0.3 is 0 Å². The number of rotatable bonds is 6. The molecule has 0 spiro atoms. The van der Waals surface area contributed by atoms with Gasteiger partial charge in [0.1, 0.15) is 23.6 Å². The average molecular weight is 353 g/mol. The van der Waals surface area contributed by atoms with Crippen molar-refractivity contribution in [3.8, 4) is 11.5 Å². The van der Waals surface area contributed by atoms with Gasteiger partial charge in [-0.25, -0.2) is 19.9 Å². The van der Waals surface area contributed by atoms with Crippen molar-refractivity contribution in [1.82, 2.24) is 19.9 Å². The minimum Gasteiger partial charge on any atom is -0.507 e. The highest BCUT2D eigenvalue weighted by Gasteiger charge is 2.16. The molecule has 2 aromatic heterocycles. The maximum Gasteiger partial charge on any atom is 0.183 e. The number of Topliss-reactive ketones (excluding diaryl/α,β-unsaturated/α-hetero) is 1. The second kappa shape index (κ2) is 7.30. The van der Waals surface area contributed by atoms with Crippen LogP contribution in [0.3, 0.4) is 0 Å². The van der Waals surface area contributed by atoms with Crippen LogP contribution in [0.15, 0.2) is 24.5 Å². The van der Waals surface area contributed by atoms with Crippen LogP contribution in [-0.2, 0) is 13.0 Å². The minimum atomic E-state index is -0.199. The second-order valence-electron chi connectivity index (χ2n) is 5.79. The number of anilines is 1. The number of hydrogen-bond donors (Lipinski definition) is 2. The van der Waals surface area contributed by atoms with Gasteiger partial charge < -0.3 is 15.6 Å². The third kappa shape index (κ3) is 3.39. The lowest BCUT2D eigenvalue weighted by molar-refractivity contribution is 0.101. The van der Waals surface area contributed by atoms with Crippen LogP contribution >= 0.6 is 0 Å². The van der Waals surface area contributed by atoms with Crippen LogP contribution in [0.25, 0.3) is 11.2 Å². The van der Waals surface area contributed by atoms with Gasteiger partial charge in [-0.1, -0.05) is 13.3 Å². The normalized spacial score (nSPS) is 10.8. The molecule has 1 aromatic carbocycles. The number of phenolic OH excluding ortho intramolecular Hbond substituents is 1. The molecule has 8 nitrogen and oxygen atoms in total. The van der Waals surface area contributed by atoms with E-state index in [1.165, 1.54) is 19.3 Å². The summed E-state index contributed by atoms with van der Waals surface area (Å²) in [4.78, 5) is 28.3. The standard InChI is InChI=1S/C18H19N5O3/c1-3-4-12-13(6-5-11(10(2)24)16(12)25)26-9-14-22-17(19)15-18(23-14)21-8-7-20-15/h5-8,25H,3-4,9H2,1-2H3,(H2,19,21,22,23). The van der Waals surface area contributed by atoms with Gasteiger partial charge in [0.25, 0.3) is 0 Å². The first kappa shape index (κ1) is 17.5. The number of hydrogen-bond acceptors (Lipinski definition) is 8. The van der Waals surface area contributed by atoms with Crippen molar-refractivity contribution in [2.24, 2.45) is 0 Å². The Balaban J connectivity index is 1.90. The number of ether oxygens (including phenoxy) is 1. The molecule has 0 aliphatic heterocycles. The fourth-order valence-corrected chi connectivity index (χ4v) is 2.67. The fourth-order valence-electron chi connectivity index (χ4n) is 2.67. The first-order valence-corrected chi connectivity index (χ1v) is 8.23. The summed E-state index contributed by atoms with van der Waals surface area (Å²) in [6, 6.07) is 3.22. The van der Waals surface area contributed by atoms with Crippen molar-refractivity contribution >= 4 is 22.8 Å². The van der Waals surface area contributed by atoms with E-state index < -0.39 is 0 Å². The van der Waals surface area contributed by atoms with Crippen LogP contribution in [0, 0.1) is 0 Å². The minimum absolute atomic E-state index is 0.0401. The van der Waals surface area contributed by atoms with Crippen molar-refractivity contribution in [2.75, 3.05) is 5.73 Å². The van der Waals surface area contributed by atoms with Gasteiger partial charge in [0.15, 0.2) is 23.1 Å². The van der Waals surface area contributed by atoms with E-state index >= 15 is 0 Å². The number of aromatic hydroxyl groups is 1. The predicted molar refractivity (Wildman–Crippen MR) is 96.0 cm³/mol. The van der Waals surface area contributed by atoms with Gasteiger partial charge in [-0.05, 0) is 25.5 Å². The Morgan fingerprint density at radius 2 is 2.00 bits per heavy atom. The van der Waals surface area contributed by atoms with E-state index in [1.54, 1.807) is 12.1 Å². The molecule has 3 rings (SSSR count). The van der Waals surface area contributed by atoms with Gasteiger partial charge in [-0.15, -0.1) is 0 Å². The molecule has 134 valence electrons. The van der Waals surface area contributed by atoms with E-state index in [0.29, 0.717) is 34.7 Å². The molecule has 0 saturated carbocycles. The van der Waals surface area contributed by atoms with Crippen molar-refractivity contribution in [2.45, 2.75) is 33.3 Å². The maximum atomic E-state index is 11.6. The second-order valence-corrected chi connectivity index (χ2v) is 5.79. The third-order valence-electron chi connectivity index (χ3n) is 3.88. The van der Waals surface area contributed by atoms with Crippen molar-refractivity contribution in [3.63, 3.8) is 0 Å². The molecular formula is C18H19N5O3. The molecule has 0 aliphatic rings. The van der Waals surface area contributed by atoms with Crippen LogP contribution in [0.1, 0.15) is 42.0 Å². The molecule has 0 saturated heterocycles. The van der Waals surface area contributed by atoms with Crippen LogP contribution in [0.4, 0.5) is 5.82 Å². The van der Waals surface area contributed by atoms with Gasteiger partial charge in [-0.3, -0.25) is 4.79 Å². The van der Waals surface area contributed by atoms with Crippen LogP contribution < -0.4 is 10.5 Å². The van der Waals surface area contributed by atoms with E-state index in [2.05, 4.69) is 19.9 Å². The topological polar surface area (TPSA) is 124 Å². The molecular weight excluding hydrogens is 334 g/mol. The van der Waals surface area contributed by atoms with Crippen LogP contribution in [0.2, 0.25) is 0 Å².